The van der Waals surface area contributed by atoms with Crippen molar-refractivity contribution in [3.8, 4) is 11.5 Å². The van der Waals surface area contributed by atoms with E-state index in [9.17, 15) is 9.90 Å². The molecule has 1 fully saturated rings. The van der Waals surface area contributed by atoms with E-state index in [1.807, 2.05) is 30.3 Å². The topological polar surface area (TPSA) is 59.0 Å². The van der Waals surface area contributed by atoms with Crippen molar-refractivity contribution in [3.63, 3.8) is 0 Å². The van der Waals surface area contributed by atoms with Crippen LogP contribution in [0.4, 0.5) is 4.79 Å². The molecule has 0 aromatic heterocycles. The van der Waals surface area contributed by atoms with E-state index in [0.717, 1.165) is 16.9 Å². The zero-order chi connectivity index (χ0) is 16.2. The number of phenolic OH excluding ortho intramolecular Hbond substituents is 1. The number of phenols is 1. The molecule has 120 valence electrons. The number of aromatic hydroxyl groups is 1. The van der Waals surface area contributed by atoms with Crippen LogP contribution in [0.1, 0.15) is 11.1 Å². The lowest BCUT2D eigenvalue weighted by atomic mass is 10.0. The molecule has 0 aliphatic carbocycles. The van der Waals surface area contributed by atoms with E-state index in [2.05, 4.69) is 0 Å². The molecule has 23 heavy (non-hydrogen) atoms. The molecule has 1 aliphatic heterocycles. The van der Waals surface area contributed by atoms with Crippen LogP contribution >= 0.6 is 0 Å². The van der Waals surface area contributed by atoms with Crippen molar-refractivity contribution in [1.82, 2.24) is 4.90 Å². The van der Waals surface area contributed by atoms with E-state index < -0.39 is 0 Å². The predicted octanol–water partition coefficient (Wildman–Crippen LogP) is 2.96. The molecule has 1 unspecified atom stereocenters. The number of cyclic esters (lactones) is 1. The molecule has 1 heterocycles. The lowest BCUT2D eigenvalue weighted by molar-refractivity contribution is 0.156. The minimum atomic E-state index is -0.313. The van der Waals surface area contributed by atoms with Gasteiger partial charge in [0.25, 0.3) is 0 Å². The molecule has 5 heteroatoms. The quantitative estimate of drug-likeness (QED) is 0.922. The van der Waals surface area contributed by atoms with Gasteiger partial charge in [-0.2, -0.15) is 0 Å². The summed E-state index contributed by atoms with van der Waals surface area (Å²) in [5, 5.41) is 9.56. The van der Waals surface area contributed by atoms with Gasteiger partial charge >= 0.3 is 6.09 Å². The molecular formula is C18H19NO4. The van der Waals surface area contributed by atoms with Crippen LogP contribution in [-0.4, -0.2) is 35.9 Å². The second-order valence-electron chi connectivity index (χ2n) is 5.58. The maximum atomic E-state index is 12.0. The van der Waals surface area contributed by atoms with Gasteiger partial charge in [0, 0.05) is 6.54 Å². The SMILES string of the molecule is COc1ccc(CC2COC(=O)N2Cc2cccc(O)c2)cc1. The van der Waals surface area contributed by atoms with Crippen LogP contribution < -0.4 is 4.74 Å². The van der Waals surface area contributed by atoms with E-state index in [1.54, 1.807) is 30.2 Å². The van der Waals surface area contributed by atoms with Crippen LogP contribution in [0.15, 0.2) is 48.5 Å². The first kappa shape index (κ1) is 15.2. The van der Waals surface area contributed by atoms with E-state index in [0.29, 0.717) is 19.6 Å². The molecule has 1 atom stereocenters. The van der Waals surface area contributed by atoms with Crippen molar-refractivity contribution >= 4 is 6.09 Å². The van der Waals surface area contributed by atoms with E-state index in [4.69, 9.17) is 9.47 Å². The number of carbonyl (C=O) groups is 1. The largest absolute Gasteiger partial charge is 0.508 e. The second-order valence-corrected chi connectivity index (χ2v) is 5.58. The van der Waals surface area contributed by atoms with Crippen LogP contribution in [0.5, 0.6) is 11.5 Å². The summed E-state index contributed by atoms with van der Waals surface area (Å²) in [7, 11) is 1.63. The zero-order valence-electron chi connectivity index (χ0n) is 12.9. The van der Waals surface area contributed by atoms with Crippen LogP contribution in [0.2, 0.25) is 0 Å². The molecule has 5 nitrogen and oxygen atoms in total. The number of carbonyl (C=O) groups excluding carboxylic acids is 1. The zero-order valence-corrected chi connectivity index (χ0v) is 12.9. The highest BCUT2D eigenvalue weighted by molar-refractivity contribution is 5.70. The number of hydrogen-bond acceptors (Lipinski definition) is 4. The summed E-state index contributed by atoms with van der Waals surface area (Å²) < 4.78 is 10.4. The van der Waals surface area contributed by atoms with Crippen molar-refractivity contribution in [1.29, 1.82) is 0 Å². The maximum Gasteiger partial charge on any atom is 0.410 e. The van der Waals surface area contributed by atoms with Crippen LogP contribution in [0.3, 0.4) is 0 Å². The third-order valence-corrected chi connectivity index (χ3v) is 3.97. The number of rotatable bonds is 5. The first-order chi connectivity index (χ1) is 11.2. The Hall–Kier alpha value is -2.69. The highest BCUT2D eigenvalue weighted by Gasteiger charge is 2.32. The molecule has 0 radical (unpaired) electrons. The number of benzene rings is 2. The summed E-state index contributed by atoms with van der Waals surface area (Å²) in [5.74, 6) is 1.01. The Labute approximate surface area is 135 Å². The van der Waals surface area contributed by atoms with Crippen LogP contribution in [-0.2, 0) is 17.7 Å². The third kappa shape index (κ3) is 3.56. The average Bonchev–Trinajstić information content (AvgIpc) is 2.89. The molecule has 0 spiro atoms. The molecule has 1 aliphatic rings. The lowest BCUT2D eigenvalue weighted by Gasteiger charge is -2.21. The molecule has 0 bridgehead atoms. The van der Waals surface area contributed by atoms with E-state index in [-0.39, 0.29) is 17.9 Å². The monoisotopic (exact) mass is 313 g/mol. The highest BCUT2D eigenvalue weighted by atomic mass is 16.6. The van der Waals surface area contributed by atoms with Gasteiger partial charge < -0.3 is 14.6 Å². The summed E-state index contributed by atoms with van der Waals surface area (Å²) in [4.78, 5) is 13.7. The predicted molar refractivity (Wildman–Crippen MR) is 85.5 cm³/mol. The summed E-state index contributed by atoms with van der Waals surface area (Å²) in [5.41, 5.74) is 2.00. The summed E-state index contributed by atoms with van der Waals surface area (Å²) in [6.07, 6.45) is 0.404. The van der Waals surface area contributed by atoms with Crippen LogP contribution in [0, 0.1) is 0 Å². The Kier molecular flexibility index (Phi) is 4.37. The van der Waals surface area contributed by atoms with Gasteiger partial charge in [-0.3, -0.25) is 4.90 Å². The normalized spacial score (nSPS) is 17.2. The van der Waals surface area contributed by atoms with Crippen molar-refractivity contribution in [2.24, 2.45) is 0 Å². The van der Waals surface area contributed by atoms with Crippen molar-refractivity contribution in [2.45, 2.75) is 19.0 Å². The number of methoxy groups -OCH3 is 1. The van der Waals surface area contributed by atoms with Gasteiger partial charge in [-0.25, -0.2) is 4.79 Å². The fourth-order valence-corrected chi connectivity index (χ4v) is 2.74. The Balaban J connectivity index is 1.71. The van der Waals surface area contributed by atoms with E-state index in [1.165, 1.54) is 0 Å². The lowest BCUT2D eigenvalue weighted by Crippen LogP contribution is -2.34. The number of ether oxygens (including phenoxy) is 2. The van der Waals surface area contributed by atoms with Gasteiger partial charge in [0.05, 0.1) is 13.2 Å². The fourth-order valence-electron chi connectivity index (χ4n) is 2.74. The minimum Gasteiger partial charge on any atom is -0.508 e. The van der Waals surface area contributed by atoms with E-state index >= 15 is 0 Å². The van der Waals surface area contributed by atoms with Gasteiger partial charge in [-0.1, -0.05) is 24.3 Å². The highest BCUT2D eigenvalue weighted by Crippen LogP contribution is 2.22. The first-order valence-corrected chi connectivity index (χ1v) is 7.50. The molecule has 2 aromatic rings. The molecule has 2 aromatic carbocycles. The van der Waals surface area contributed by atoms with Crippen LogP contribution in [0.25, 0.3) is 0 Å². The number of nitrogens with zero attached hydrogens (tertiary/aromatic N) is 1. The molecule has 1 saturated heterocycles. The Morgan fingerprint density at radius 3 is 2.70 bits per heavy atom. The second kappa shape index (κ2) is 6.60. The number of amides is 1. The third-order valence-electron chi connectivity index (χ3n) is 3.97. The molecule has 1 amide bonds. The maximum absolute atomic E-state index is 12.0. The molecule has 3 rings (SSSR count). The standard InChI is InChI=1S/C18H19NO4/c1-22-17-7-5-13(6-8-17)9-15-12-23-18(21)19(15)11-14-3-2-4-16(20)10-14/h2-8,10,15,20H,9,11-12H2,1H3. The Bertz CT molecular complexity index is 684. The molecular weight excluding hydrogens is 294 g/mol. The van der Waals surface area contributed by atoms with Gasteiger partial charge in [0.1, 0.15) is 18.1 Å². The van der Waals surface area contributed by atoms with Gasteiger partial charge in [0.2, 0.25) is 0 Å². The molecule has 1 N–H and O–H groups in total. The smallest absolute Gasteiger partial charge is 0.410 e. The first-order valence-electron chi connectivity index (χ1n) is 7.50. The van der Waals surface area contributed by atoms with Crippen molar-refractivity contribution < 1.29 is 19.4 Å². The summed E-state index contributed by atoms with van der Waals surface area (Å²) in [6.45, 7) is 0.803. The summed E-state index contributed by atoms with van der Waals surface area (Å²) in [6, 6.07) is 14.7. The number of hydrogen-bond donors (Lipinski definition) is 1. The minimum absolute atomic E-state index is 0.0155. The average molecular weight is 313 g/mol. The van der Waals surface area contributed by atoms with Gasteiger partial charge in [0.15, 0.2) is 0 Å². The Morgan fingerprint density at radius 1 is 1.22 bits per heavy atom. The fraction of sp³-hybridized carbons (Fsp3) is 0.278. The van der Waals surface area contributed by atoms with Crippen molar-refractivity contribution in [2.75, 3.05) is 13.7 Å². The van der Waals surface area contributed by atoms with Crippen molar-refractivity contribution in [3.05, 3.63) is 59.7 Å². The summed E-state index contributed by atoms with van der Waals surface area (Å²) >= 11 is 0. The van der Waals surface area contributed by atoms with Gasteiger partial charge in [-0.15, -0.1) is 0 Å². The molecule has 0 saturated carbocycles. The van der Waals surface area contributed by atoms with Gasteiger partial charge in [-0.05, 0) is 41.8 Å². The Morgan fingerprint density at radius 2 is 2.00 bits per heavy atom.